The van der Waals surface area contributed by atoms with Crippen LogP contribution in [0.4, 0.5) is 5.13 Å². The third kappa shape index (κ3) is 3.45. The zero-order valence-electron chi connectivity index (χ0n) is 13.4. The van der Waals surface area contributed by atoms with Gasteiger partial charge in [0.1, 0.15) is 5.03 Å². The van der Waals surface area contributed by atoms with Gasteiger partial charge in [-0.2, -0.15) is 0 Å². The van der Waals surface area contributed by atoms with Crippen LogP contribution < -0.4 is 5.32 Å². The Labute approximate surface area is 152 Å². The summed E-state index contributed by atoms with van der Waals surface area (Å²) in [6.07, 6.45) is 3.51. The van der Waals surface area contributed by atoms with E-state index in [4.69, 9.17) is 4.98 Å². The van der Waals surface area contributed by atoms with Crippen molar-refractivity contribution in [3.05, 3.63) is 48.8 Å². The Kier molecular flexibility index (Phi) is 4.53. The van der Waals surface area contributed by atoms with Crippen LogP contribution in [0.15, 0.2) is 58.2 Å². The summed E-state index contributed by atoms with van der Waals surface area (Å²) in [6, 6.07) is 11.8. The summed E-state index contributed by atoms with van der Waals surface area (Å²) in [5, 5.41) is 14.2. The Hall–Kier alpha value is -2.58. The molecule has 8 heteroatoms. The van der Waals surface area contributed by atoms with Crippen molar-refractivity contribution in [3.8, 4) is 11.4 Å². The molecule has 1 aromatic carbocycles. The van der Waals surface area contributed by atoms with Gasteiger partial charge in [0.25, 0.3) is 0 Å². The highest BCUT2D eigenvalue weighted by atomic mass is 32.2. The van der Waals surface area contributed by atoms with E-state index in [0.29, 0.717) is 5.82 Å². The van der Waals surface area contributed by atoms with Crippen LogP contribution in [0, 0.1) is 0 Å². The SMILES string of the molecule is CCNc1nnc(Sc2nc(-c3cccnc3)nc3ccccc23)s1. The van der Waals surface area contributed by atoms with Crippen LogP contribution in [0.3, 0.4) is 0 Å². The molecule has 3 aromatic heterocycles. The molecule has 0 fully saturated rings. The first-order valence-electron chi connectivity index (χ1n) is 7.76. The highest BCUT2D eigenvalue weighted by Gasteiger charge is 2.13. The van der Waals surface area contributed by atoms with Gasteiger partial charge in [-0.05, 0) is 36.9 Å². The van der Waals surface area contributed by atoms with Gasteiger partial charge < -0.3 is 5.32 Å². The minimum Gasteiger partial charge on any atom is -0.360 e. The second kappa shape index (κ2) is 7.12. The average molecular weight is 366 g/mol. The van der Waals surface area contributed by atoms with Crippen LogP contribution in [0.25, 0.3) is 22.3 Å². The Morgan fingerprint density at radius 3 is 2.84 bits per heavy atom. The molecule has 3 heterocycles. The van der Waals surface area contributed by atoms with E-state index in [1.54, 1.807) is 12.4 Å². The topological polar surface area (TPSA) is 76.5 Å². The Balaban J connectivity index is 1.78. The molecule has 0 saturated carbocycles. The molecule has 124 valence electrons. The van der Waals surface area contributed by atoms with Crippen molar-refractivity contribution in [1.82, 2.24) is 25.1 Å². The monoisotopic (exact) mass is 366 g/mol. The van der Waals surface area contributed by atoms with Crippen LogP contribution in [0.2, 0.25) is 0 Å². The van der Waals surface area contributed by atoms with E-state index < -0.39 is 0 Å². The smallest absolute Gasteiger partial charge is 0.206 e. The number of fused-ring (bicyclic) bond motifs is 1. The fraction of sp³-hybridized carbons (Fsp3) is 0.118. The van der Waals surface area contributed by atoms with Crippen LogP contribution in [0.5, 0.6) is 0 Å². The summed E-state index contributed by atoms with van der Waals surface area (Å²) in [7, 11) is 0. The Morgan fingerprint density at radius 1 is 1.08 bits per heavy atom. The van der Waals surface area contributed by atoms with Crippen molar-refractivity contribution in [1.29, 1.82) is 0 Å². The third-order valence-corrected chi connectivity index (χ3v) is 5.34. The number of hydrogen-bond acceptors (Lipinski definition) is 8. The lowest BCUT2D eigenvalue weighted by molar-refractivity contribution is 0.998. The minimum atomic E-state index is 0.658. The molecule has 0 aliphatic rings. The molecule has 0 amide bonds. The normalized spacial score (nSPS) is 10.9. The number of nitrogens with one attached hydrogen (secondary N) is 1. The van der Waals surface area contributed by atoms with E-state index in [2.05, 4.69) is 25.5 Å². The van der Waals surface area contributed by atoms with E-state index in [0.717, 1.165) is 37.5 Å². The van der Waals surface area contributed by atoms with Gasteiger partial charge in [0.05, 0.1) is 5.52 Å². The van der Waals surface area contributed by atoms with Crippen LogP contribution in [-0.4, -0.2) is 31.7 Å². The van der Waals surface area contributed by atoms with E-state index in [1.165, 1.54) is 23.1 Å². The predicted molar refractivity (Wildman–Crippen MR) is 101 cm³/mol. The van der Waals surface area contributed by atoms with Gasteiger partial charge in [-0.3, -0.25) is 4.98 Å². The number of anilines is 1. The van der Waals surface area contributed by atoms with Crippen molar-refractivity contribution >= 4 is 39.1 Å². The molecule has 0 bridgehead atoms. The first kappa shape index (κ1) is 15.9. The average Bonchev–Trinajstić information content (AvgIpc) is 3.10. The molecule has 4 aromatic rings. The zero-order valence-corrected chi connectivity index (χ0v) is 15.0. The zero-order chi connectivity index (χ0) is 17.1. The fourth-order valence-electron chi connectivity index (χ4n) is 2.31. The standard InChI is InChI=1S/C17H14N6S2/c1-2-19-16-22-23-17(25-16)24-15-12-7-3-4-8-13(12)20-14(21-15)11-6-5-9-18-10-11/h3-10H,2H2,1H3,(H,19,22). The Morgan fingerprint density at radius 2 is 2.00 bits per heavy atom. The summed E-state index contributed by atoms with van der Waals surface area (Å²) in [4.78, 5) is 13.6. The van der Waals surface area contributed by atoms with Crippen LogP contribution >= 0.6 is 23.1 Å². The molecule has 0 saturated heterocycles. The lowest BCUT2D eigenvalue weighted by Crippen LogP contribution is -1.94. The van der Waals surface area contributed by atoms with Crippen molar-refractivity contribution in [2.24, 2.45) is 0 Å². The second-order valence-corrected chi connectivity index (χ2v) is 7.33. The number of hydrogen-bond donors (Lipinski definition) is 1. The third-order valence-electron chi connectivity index (χ3n) is 3.41. The van der Waals surface area contributed by atoms with Gasteiger partial charge >= 0.3 is 0 Å². The molecule has 0 radical (unpaired) electrons. The van der Waals surface area contributed by atoms with Crippen molar-refractivity contribution in [2.75, 3.05) is 11.9 Å². The molecule has 0 aliphatic carbocycles. The van der Waals surface area contributed by atoms with Crippen LogP contribution in [0.1, 0.15) is 6.92 Å². The van der Waals surface area contributed by atoms with Gasteiger partial charge in [0, 0.05) is 29.9 Å². The van der Waals surface area contributed by atoms with Gasteiger partial charge in [-0.25, -0.2) is 9.97 Å². The fourth-order valence-corrected chi connectivity index (χ4v) is 4.15. The molecule has 6 nitrogen and oxygen atoms in total. The van der Waals surface area contributed by atoms with E-state index >= 15 is 0 Å². The van der Waals surface area contributed by atoms with E-state index in [1.807, 2.05) is 43.3 Å². The van der Waals surface area contributed by atoms with E-state index in [-0.39, 0.29) is 0 Å². The van der Waals surface area contributed by atoms with Gasteiger partial charge in [-0.15, -0.1) is 10.2 Å². The molecule has 0 unspecified atom stereocenters. The highest BCUT2D eigenvalue weighted by molar-refractivity contribution is 8.01. The lowest BCUT2D eigenvalue weighted by Gasteiger charge is -2.07. The summed E-state index contributed by atoms with van der Waals surface area (Å²) < 4.78 is 0.844. The molecular formula is C17H14N6S2. The summed E-state index contributed by atoms with van der Waals surface area (Å²) in [6.45, 7) is 2.85. The van der Waals surface area contributed by atoms with Gasteiger partial charge in [-0.1, -0.05) is 29.5 Å². The quantitative estimate of drug-likeness (QED) is 0.532. The molecular weight excluding hydrogens is 352 g/mol. The lowest BCUT2D eigenvalue weighted by atomic mass is 10.2. The minimum absolute atomic E-state index is 0.658. The first-order valence-corrected chi connectivity index (χ1v) is 9.39. The largest absolute Gasteiger partial charge is 0.360 e. The molecule has 1 N–H and O–H groups in total. The molecule has 0 atom stereocenters. The number of rotatable bonds is 5. The van der Waals surface area contributed by atoms with Gasteiger partial charge in [0.2, 0.25) is 5.13 Å². The maximum absolute atomic E-state index is 4.75. The van der Waals surface area contributed by atoms with Crippen molar-refractivity contribution in [2.45, 2.75) is 16.3 Å². The predicted octanol–water partition coefficient (Wildman–Crippen LogP) is 4.13. The molecule has 25 heavy (non-hydrogen) atoms. The summed E-state index contributed by atoms with van der Waals surface area (Å²) in [5.41, 5.74) is 1.79. The highest BCUT2D eigenvalue weighted by Crippen LogP contribution is 2.35. The van der Waals surface area contributed by atoms with Crippen molar-refractivity contribution < 1.29 is 0 Å². The second-order valence-electron chi connectivity index (χ2n) is 5.12. The number of para-hydroxylation sites is 1. The van der Waals surface area contributed by atoms with Gasteiger partial charge in [0.15, 0.2) is 10.2 Å². The number of nitrogens with zero attached hydrogens (tertiary/aromatic N) is 5. The maximum Gasteiger partial charge on any atom is 0.206 e. The first-order chi connectivity index (χ1) is 12.3. The van der Waals surface area contributed by atoms with Crippen molar-refractivity contribution in [3.63, 3.8) is 0 Å². The summed E-state index contributed by atoms with van der Waals surface area (Å²) in [5.74, 6) is 0.658. The molecule has 4 rings (SSSR count). The number of benzene rings is 1. The van der Waals surface area contributed by atoms with E-state index in [9.17, 15) is 0 Å². The number of pyridine rings is 1. The summed E-state index contributed by atoms with van der Waals surface area (Å²) >= 11 is 3.03. The molecule has 0 aliphatic heterocycles. The molecule has 0 spiro atoms. The maximum atomic E-state index is 4.75. The van der Waals surface area contributed by atoms with Crippen LogP contribution in [-0.2, 0) is 0 Å². The number of aromatic nitrogens is 5. The Bertz CT molecular complexity index is 1000.